The molecule has 0 saturated carbocycles. The summed E-state index contributed by atoms with van der Waals surface area (Å²) in [4.78, 5) is 3.86. The predicted octanol–water partition coefficient (Wildman–Crippen LogP) is 1.93. The Morgan fingerprint density at radius 1 is 1.04 bits per heavy atom. The number of rotatable bonds is 7. The largest absolute Gasteiger partial charge is 0.490 e. The zero-order valence-corrected chi connectivity index (χ0v) is 13.8. The number of aliphatic hydroxyl groups excluding tert-OH is 1. The summed E-state index contributed by atoms with van der Waals surface area (Å²) in [5, 5.41) is 10.2. The molecule has 4 nitrogen and oxygen atoms in total. The molecule has 130 valence electrons. The Balaban J connectivity index is 1.72. The SMILES string of the molecule is Cc1cccc(C)c1OCC(O)CN1CCN(CC(F)F)CC1. The molecule has 1 aromatic carbocycles. The van der Waals surface area contributed by atoms with E-state index in [1.807, 2.05) is 32.0 Å². The molecule has 1 aliphatic rings. The summed E-state index contributed by atoms with van der Waals surface area (Å²) in [6.07, 6.45) is -2.87. The molecule has 2 rings (SSSR count). The van der Waals surface area contributed by atoms with Crippen molar-refractivity contribution in [3.8, 4) is 5.75 Å². The van der Waals surface area contributed by atoms with Gasteiger partial charge in [0.2, 0.25) is 0 Å². The van der Waals surface area contributed by atoms with Crippen molar-refractivity contribution in [2.24, 2.45) is 0 Å². The van der Waals surface area contributed by atoms with Crippen LogP contribution in [-0.2, 0) is 0 Å². The molecule has 6 heteroatoms. The Kier molecular flexibility index (Phi) is 6.74. The summed E-state index contributed by atoms with van der Waals surface area (Å²) in [7, 11) is 0. The smallest absolute Gasteiger partial charge is 0.251 e. The lowest BCUT2D eigenvalue weighted by molar-refractivity contribution is 0.0269. The third kappa shape index (κ3) is 5.71. The molecule has 0 amide bonds. The van der Waals surface area contributed by atoms with Crippen molar-refractivity contribution in [3.05, 3.63) is 29.3 Å². The van der Waals surface area contributed by atoms with Gasteiger partial charge in [-0.1, -0.05) is 18.2 Å². The summed E-state index contributed by atoms with van der Waals surface area (Å²) in [5.41, 5.74) is 2.11. The maximum absolute atomic E-state index is 12.3. The van der Waals surface area contributed by atoms with Crippen molar-refractivity contribution in [2.45, 2.75) is 26.4 Å². The molecule has 0 aliphatic carbocycles. The molecule has 1 saturated heterocycles. The number of aliphatic hydroxyl groups is 1. The molecule has 1 aliphatic heterocycles. The number of piperazine rings is 1. The molecule has 1 heterocycles. The molecule has 1 N–H and O–H groups in total. The van der Waals surface area contributed by atoms with Crippen molar-refractivity contribution in [3.63, 3.8) is 0 Å². The summed E-state index contributed by atoms with van der Waals surface area (Å²) >= 11 is 0. The van der Waals surface area contributed by atoms with Gasteiger partial charge < -0.3 is 9.84 Å². The highest BCUT2D eigenvalue weighted by molar-refractivity contribution is 5.39. The quantitative estimate of drug-likeness (QED) is 0.830. The van der Waals surface area contributed by atoms with Gasteiger partial charge in [-0.05, 0) is 25.0 Å². The van der Waals surface area contributed by atoms with E-state index >= 15 is 0 Å². The van der Waals surface area contributed by atoms with Crippen LogP contribution in [0.15, 0.2) is 18.2 Å². The third-order valence-electron chi connectivity index (χ3n) is 4.16. The first-order valence-corrected chi connectivity index (χ1v) is 8.05. The Labute approximate surface area is 136 Å². The van der Waals surface area contributed by atoms with Crippen LogP contribution in [0.1, 0.15) is 11.1 Å². The summed E-state index contributed by atoms with van der Waals surface area (Å²) in [6.45, 7) is 7.19. The van der Waals surface area contributed by atoms with Gasteiger partial charge in [-0.15, -0.1) is 0 Å². The number of hydrogen-bond donors (Lipinski definition) is 1. The van der Waals surface area contributed by atoms with Gasteiger partial charge in [0.1, 0.15) is 18.5 Å². The topological polar surface area (TPSA) is 35.9 Å². The lowest BCUT2D eigenvalue weighted by Crippen LogP contribution is -2.50. The van der Waals surface area contributed by atoms with Gasteiger partial charge >= 0.3 is 0 Å². The van der Waals surface area contributed by atoms with Crippen molar-refractivity contribution in [1.82, 2.24) is 9.80 Å². The Morgan fingerprint density at radius 2 is 1.57 bits per heavy atom. The van der Waals surface area contributed by atoms with Gasteiger partial charge in [-0.2, -0.15) is 0 Å². The van der Waals surface area contributed by atoms with Crippen molar-refractivity contribution in [1.29, 1.82) is 0 Å². The molecule has 0 aromatic heterocycles. The number of aryl methyl sites for hydroxylation is 2. The Morgan fingerprint density at radius 3 is 2.09 bits per heavy atom. The zero-order valence-electron chi connectivity index (χ0n) is 13.8. The fraction of sp³-hybridized carbons (Fsp3) is 0.647. The van der Waals surface area contributed by atoms with E-state index in [-0.39, 0.29) is 13.2 Å². The summed E-state index contributed by atoms with van der Waals surface area (Å²) in [5.74, 6) is 0.827. The van der Waals surface area contributed by atoms with E-state index in [1.165, 1.54) is 0 Å². The second-order valence-corrected chi connectivity index (χ2v) is 6.18. The minimum atomic E-state index is -2.28. The highest BCUT2D eigenvalue weighted by Gasteiger charge is 2.21. The molecule has 1 atom stereocenters. The number of hydrogen-bond acceptors (Lipinski definition) is 4. The molecule has 23 heavy (non-hydrogen) atoms. The van der Waals surface area contributed by atoms with Crippen LogP contribution in [0.5, 0.6) is 5.75 Å². The van der Waals surface area contributed by atoms with Crippen molar-refractivity contribution in [2.75, 3.05) is 45.9 Å². The minimum Gasteiger partial charge on any atom is -0.490 e. The summed E-state index contributed by atoms with van der Waals surface area (Å²) < 4.78 is 30.4. The zero-order chi connectivity index (χ0) is 16.8. The Hall–Kier alpha value is -1.24. The van der Waals surface area contributed by atoms with Crippen molar-refractivity contribution >= 4 is 0 Å². The van der Waals surface area contributed by atoms with Gasteiger partial charge in [0, 0.05) is 32.7 Å². The minimum absolute atomic E-state index is 0.161. The van der Waals surface area contributed by atoms with E-state index in [1.54, 1.807) is 4.90 Å². The lowest BCUT2D eigenvalue weighted by atomic mass is 10.1. The van der Waals surface area contributed by atoms with Crippen LogP contribution in [-0.4, -0.2) is 73.3 Å². The molecular weight excluding hydrogens is 302 g/mol. The molecule has 0 spiro atoms. The standard InChI is InChI=1S/C17H26F2N2O2/c1-13-4-3-5-14(2)17(13)23-12-15(22)10-20-6-8-21(9-7-20)11-16(18)19/h3-5,15-16,22H,6-12H2,1-2H3. The molecule has 0 bridgehead atoms. The Bertz CT molecular complexity index is 471. The lowest BCUT2D eigenvalue weighted by Gasteiger charge is -2.35. The number of halogens is 2. The molecule has 1 fully saturated rings. The number of para-hydroxylation sites is 1. The van der Waals surface area contributed by atoms with E-state index in [2.05, 4.69) is 4.90 Å². The van der Waals surface area contributed by atoms with Crippen LogP contribution >= 0.6 is 0 Å². The monoisotopic (exact) mass is 328 g/mol. The average Bonchev–Trinajstić information content (AvgIpc) is 2.48. The highest BCUT2D eigenvalue weighted by atomic mass is 19.3. The summed E-state index contributed by atoms with van der Waals surface area (Å²) in [6, 6.07) is 5.95. The average molecular weight is 328 g/mol. The van der Waals surface area contributed by atoms with E-state index in [0.717, 1.165) is 16.9 Å². The first-order chi connectivity index (χ1) is 11.0. The first kappa shape index (κ1) is 18.1. The maximum atomic E-state index is 12.3. The second-order valence-electron chi connectivity index (χ2n) is 6.18. The van der Waals surface area contributed by atoms with Crippen molar-refractivity contribution < 1.29 is 18.6 Å². The number of benzene rings is 1. The third-order valence-corrected chi connectivity index (χ3v) is 4.16. The van der Waals surface area contributed by atoms with Crippen LogP contribution < -0.4 is 4.74 Å². The maximum Gasteiger partial charge on any atom is 0.251 e. The second kappa shape index (κ2) is 8.57. The number of β-amino-alcohol motifs (C(OH)–C–C–N with tert-alkyl or cyclic N) is 1. The van der Waals surface area contributed by atoms with Gasteiger partial charge in [-0.25, -0.2) is 8.78 Å². The number of ether oxygens (including phenoxy) is 1. The highest BCUT2D eigenvalue weighted by Crippen LogP contribution is 2.22. The van der Waals surface area contributed by atoms with Crippen LogP contribution in [0.25, 0.3) is 0 Å². The predicted molar refractivity (Wildman–Crippen MR) is 86.3 cm³/mol. The molecule has 1 unspecified atom stereocenters. The van der Waals surface area contributed by atoms with Gasteiger partial charge in [-0.3, -0.25) is 9.80 Å². The number of nitrogens with zero attached hydrogens (tertiary/aromatic N) is 2. The van der Waals surface area contributed by atoms with E-state index < -0.39 is 12.5 Å². The van der Waals surface area contributed by atoms with E-state index in [4.69, 9.17) is 4.74 Å². The van der Waals surface area contributed by atoms with Crippen LogP contribution in [0, 0.1) is 13.8 Å². The van der Waals surface area contributed by atoms with Crippen LogP contribution in [0.2, 0.25) is 0 Å². The van der Waals surface area contributed by atoms with Gasteiger partial charge in [0.05, 0.1) is 6.54 Å². The normalized spacial score (nSPS) is 18.3. The molecule has 1 aromatic rings. The van der Waals surface area contributed by atoms with Crippen LogP contribution in [0.3, 0.4) is 0 Å². The number of alkyl halides is 2. The fourth-order valence-electron chi connectivity index (χ4n) is 2.91. The molecular formula is C17H26F2N2O2. The van der Waals surface area contributed by atoms with Gasteiger partial charge in [0.25, 0.3) is 6.43 Å². The van der Waals surface area contributed by atoms with Gasteiger partial charge in [0.15, 0.2) is 0 Å². The van der Waals surface area contributed by atoms with E-state index in [9.17, 15) is 13.9 Å². The van der Waals surface area contributed by atoms with Crippen LogP contribution in [0.4, 0.5) is 8.78 Å². The van der Waals surface area contributed by atoms with E-state index in [0.29, 0.717) is 32.7 Å². The molecule has 0 radical (unpaired) electrons. The first-order valence-electron chi connectivity index (χ1n) is 8.05. The fourth-order valence-corrected chi connectivity index (χ4v) is 2.91.